The fourth-order valence-electron chi connectivity index (χ4n) is 5.18. The summed E-state index contributed by atoms with van der Waals surface area (Å²) < 4.78 is 6.16. The molecule has 3 heterocycles. The van der Waals surface area contributed by atoms with E-state index in [-0.39, 0.29) is 29.9 Å². The molecule has 0 radical (unpaired) electrons. The van der Waals surface area contributed by atoms with Gasteiger partial charge in [0.1, 0.15) is 6.04 Å². The number of halogens is 1. The summed E-state index contributed by atoms with van der Waals surface area (Å²) in [4.78, 5) is 42.5. The Hall–Kier alpha value is -3.69. The average molecular weight is 524 g/mol. The predicted molar refractivity (Wildman–Crippen MR) is 144 cm³/mol. The van der Waals surface area contributed by atoms with Gasteiger partial charge in [0.25, 0.3) is 5.56 Å². The van der Waals surface area contributed by atoms with Crippen molar-refractivity contribution in [2.45, 2.75) is 38.1 Å². The van der Waals surface area contributed by atoms with Gasteiger partial charge in [0, 0.05) is 29.6 Å². The number of carbonyl (C=O) groups is 2. The first kappa shape index (κ1) is 26.4. The molecule has 1 aliphatic rings. The molecular formula is C27H30ClN5O4. The molecule has 0 spiro atoms. The maximum Gasteiger partial charge on any atom is 0.345 e. The minimum Gasteiger partial charge on any atom is -0.468 e. The third-order valence-electron chi connectivity index (χ3n) is 7.04. The molecule has 2 aromatic heterocycles. The molecule has 1 saturated heterocycles. The summed E-state index contributed by atoms with van der Waals surface area (Å²) in [6, 6.07) is 12.6. The summed E-state index contributed by atoms with van der Waals surface area (Å²) in [7, 11) is 1.31. The van der Waals surface area contributed by atoms with Crippen molar-refractivity contribution < 1.29 is 14.3 Å². The van der Waals surface area contributed by atoms with Gasteiger partial charge in [-0.3, -0.25) is 9.59 Å². The van der Waals surface area contributed by atoms with Gasteiger partial charge in [0.15, 0.2) is 0 Å². The molecule has 1 amide bonds. The molecule has 0 aliphatic carbocycles. The fraction of sp³-hybridized carbons (Fsp3) is 0.333. The molecule has 2 aromatic carbocycles. The van der Waals surface area contributed by atoms with Crippen LogP contribution in [0.5, 0.6) is 0 Å². The molecule has 1 fully saturated rings. The van der Waals surface area contributed by atoms with E-state index in [0.717, 1.165) is 38.5 Å². The highest BCUT2D eigenvalue weighted by atomic mass is 35.5. The van der Waals surface area contributed by atoms with E-state index in [9.17, 15) is 14.4 Å². The van der Waals surface area contributed by atoms with Crippen molar-refractivity contribution in [1.82, 2.24) is 19.7 Å². The molecule has 5 rings (SSSR count). The molecule has 1 aliphatic heterocycles. The van der Waals surface area contributed by atoms with Crippen molar-refractivity contribution in [3.05, 3.63) is 75.7 Å². The largest absolute Gasteiger partial charge is 0.468 e. The van der Waals surface area contributed by atoms with Crippen molar-refractivity contribution in [3.8, 4) is 0 Å². The molecule has 10 heteroatoms. The van der Waals surface area contributed by atoms with E-state index in [0.29, 0.717) is 32.4 Å². The summed E-state index contributed by atoms with van der Waals surface area (Å²) in [5, 5.41) is 6.20. The lowest BCUT2D eigenvalue weighted by molar-refractivity contribution is -0.142. The summed E-state index contributed by atoms with van der Waals surface area (Å²) in [5.41, 5.74) is 9.96. The number of pyridine rings is 1. The number of benzene rings is 2. The fourth-order valence-corrected chi connectivity index (χ4v) is 5.18. The smallest absolute Gasteiger partial charge is 0.345 e. The number of nitrogens with zero attached hydrogens (tertiary/aromatic N) is 3. The second kappa shape index (κ2) is 10.7. The number of aromatic nitrogens is 3. The molecule has 194 valence electrons. The zero-order chi connectivity index (χ0) is 25.4. The second-order valence-corrected chi connectivity index (χ2v) is 9.43. The number of H-pyrrole nitrogens is 1. The van der Waals surface area contributed by atoms with Gasteiger partial charge >= 0.3 is 12.0 Å². The molecule has 4 aromatic rings. The Balaban J connectivity index is 0.00000320. The first-order valence-corrected chi connectivity index (χ1v) is 12.1. The Morgan fingerprint density at radius 1 is 1.16 bits per heavy atom. The van der Waals surface area contributed by atoms with Crippen molar-refractivity contribution >= 4 is 46.2 Å². The van der Waals surface area contributed by atoms with Crippen LogP contribution in [0.3, 0.4) is 0 Å². The van der Waals surface area contributed by atoms with E-state index < -0.39 is 12.0 Å². The number of nitrogens with two attached hydrogens (primary N) is 1. The van der Waals surface area contributed by atoms with Gasteiger partial charge in [0.05, 0.1) is 18.8 Å². The number of hydrogen-bond donors (Lipinski definition) is 2. The Kier molecular flexibility index (Phi) is 7.65. The van der Waals surface area contributed by atoms with Crippen LogP contribution in [0.4, 0.5) is 4.79 Å². The van der Waals surface area contributed by atoms with E-state index >= 15 is 0 Å². The van der Waals surface area contributed by atoms with Crippen LogP contribution in [0.15, 0.2) is 53.5 Å². The van der Waals surface area contributed by atoms with E-state index in [2.05, 4.69) is 10.1 Å². The minimum absolute atomic E-state index is 0. The lowest BCUT2D eigenvalue weighted by Crippen LogP contribution is -2.41. The van der Waals surface area contributed by atoms with Gasteiger partial charge in [-0.15, -0.1) is 12.4 Å². The molecule has 0 saturated carbocycles. The van der Waals surface area contributed by atoms with Crippen LogP contribution >= 0.6 is 12.4 Å². The number of fused-ring (bicyclic) bond motifs is 2. The normalized spacial score (nSPS) is 14.9. The number of aromatic amines is 1. The van der Waals surface area contributed by atoms with Crippen LogP contribution in [-0.2, 0) is 16.0 Å². The quantitative estimate of drug-likeness (QED) is 0.395. The highest BCUT2D eigenvalue weighted by molar-refractivity contribution is 5.92. The van der Waals surface area contributed by atoms with Gasteiger partial charge in [-0.05, 0) is 66.8 Å². The summed E-state index contributed by atoms with van der Waals surface area (Å²) >= 11 is 0. The first-order chi connectivity index (χ1) is 17.4. The topological polar surface area (TPSA) is 123 Å². The Bertz CT molecular complexity index is 1520. The van der Waals surface area contributed by atoms with Gasteiger partial charge < -0.3 is 20.4 Å². The number of hydrogen-bond acceptors (Lipinski definition) is 6. The van der Waals surface area contributed by atoms with Crippen LogP contribution < -0.4 is 11.3 Å². The van der Waals surface area contributed by atoms with Gasteiger partial charge in [-0.2, -0.15) is 9.78 Å². The molecule has 9 nitrogen and oxygen atoms in total. The number of amides is 1. The Morgan fingerprint density at radius 3 is 2.62 bits per heavy atom. The highest BCUT2D eigenvalue weighted by Gasteiger charge is 2.28. The maximum atomic E-state index is 13.4. The summed E-state index contributed by atoms with van der Waals surface area (Å²) in [6.45, 7) is 3.00. The molecule has 37 heavy (non-hydrogen) atoms. The number of ether oxygens (including phenoxy) is 1. The van der Waals surface area contributed by atoms with Crippen LogP contribution in [0.25, 0.3) is 21.8 Å². The van der Waals surface area contributed by atoms with E-state index in [4.69, 9.17) is 10.5 Å². The molecule has 0 unspecified atom stereocenters. The van der Waals surface area contributed by atoms with Crippen LogP contribution in [-0.4, -0.2) is 57.9 Å². The van der Waals surface area contributed by atoms with Crippen molar-refractivity contribution in [2.24, 2.45) is 5.73 Å². The van der Waals surface area contributed by atoms with E-state index in [1.165, 1.54) is 11.8 Å². The zero-order valence-corrected chi connectivity index (χ0v) is 21.6. The van der Waals surface area contributed by atoms with Gasteiger partial charge in [-0.1, -0.05) is 24.3 Å². The number of likely N-dealkylation sites (tertiary alicyclic amines) is 1. The lowest BCUT2D eigenvalue weighted by atomic mass is 9.89. The Morgan fingerprint density at radius 2 is 1.89 bits per heavy atom. The third-order valence-corrected chi connectivity index (χ3v) is 7.04. The maximum absolute atomic E-state index is 13.4. The zero-order valence-electron chi connectivity index (χ0n) is 20.8. The highest BCUT2D eigenvalue weighted by Crippen LogP contribution is 2.29. The van der Waals surface area contributed by atoms with Gasteiger partial charge in [-0.25, -0.2) is 4.79 Å². The number of aryl methyl sites for hydroxylation is 1. The molecular weight excluding hydrogens is 494 g/mol. The Labute approximate surface area is 220 Å². The van der Waals surface area contributed by atoms with E-state index in [1.807, 2.05) is 49.4 Å². The number of carbonyl (C=O) groups excluding carboxylic acids is 2. The van der Waals surface area contributed by atoms with Crippen LogP contribution in [0.2, 0.25) is 0 Å². The summed E-state index contributed by atoms with van der Waals surface area (Å²) in [6.07, 6.45) is 3.42. The molecule has 1 atom stereocenters. The van der Waals surface area contributed by atoms with Gasteiger partial charge in [0.2, 0.25) is 0 Å². The standard InChI is InChI=1S/C27H29N5O4.ClH/c1-16-11-17(13-22(28)26(34)36-2)12-20-15-29-32(24(16)20)27(35)31-9-7-18(8-10-31)21-14-19-5-3-4-6-23(19)30-25(21)33;/h3-6,11-12,14-15,18,22H,7-10,13,28H2,1-2H3,(H,30,33);1H/t22-;/m1./s1. The van der Waals surface area contributed by atoms with Crippen LogP contribution in [0, 0.1) is 6.92 Å². The molecule has 0 bridgehead atoms. The predicted octanol–water partition coefficient (Wildman–Crippen LogP) is 3.50. The number of rotatable bonds is 4. The number of nitrogens with one attached hydrogen (secondary N) is 1. The monoisotopic (exact) mass is 523 g/mol. The SMILES string of the molecule is COC(=O)[C@H](N)Cc1cc(C)c2c(cnn2C(=O)N2CCC(c3cc4ccccc4[nH]c3=O)CC2)c1.Cl. The summed E-state index contributed by atoms with van der Waals surface area (Å²) in [5.74, 6) is -0.368. The number of esters is 1. The lowest BCUT2D eigenvalue weighted by Gasteiger charge is -2.31. The van der Waals surface area contributed by atoms with E-state index in [1.54, 1.807) is 11.1 Å². The average Bonchev–Trinajstić information content (AvgIpc) is 3.32. The van der Waals surface area contributed by atoms with Crippen molar-refractivity contribution in [3.63, 3.8) is 0 Å². The minimum atomic E-state index is -0.750. The number of methoxy groups -OCH3 is 1. The van der Waals surface area contributed by atoms with Crippen molar-refractivity contribution in [1.29, 1.82) is 0 Å². The van der Waals surface area contributed by atoms with Crippen molar-refractivity contribution in [2.75, 3.05) is 20.2 Å². The molecule has 3 N–H and O–H groups in total. The second-order valence-electron chi connectivity index (χ2n) is 9.43. The van der Waals surface area contributed by atoms with Crippen LogP contribution in [0.1, 0.15) is 35.4 Å². The third kappa shape index (κ3) is 5.10. The first-order valence-electron chi connectivity index (χ1n) is 12.1. The number of para-hydroxylation sites is 1. The number of piperidine rings is 1.